The van der Waals surface area contributed by atoms with Gasteiger partial charge in [0.05, 0.1) is 26.5 Å². The predicted octanol–water partition coefficient (Wildman–Crippen LogP) is 3.22. The monoisotopic (exact) mass is 319 g/mol. The van der Waals surface area contributed by atoms with E-state index < -0.39 is 9.85 Å². The summed E-state index contributed by atoms with van der Waals surface area (Å²) in [5, 5.41) is 24.3. The summed E-state index contributed by atoms with van der Waals surface area (Å²) < 4.78 is 0. The fourth-order valence-corrected chi connectivity index (χ4v) is 2.70. The third-order valence-electron chi connectivity index (χ3n) is 2.67. The maximum atomic E-state index is 11.1. The number of benzene rings is 2. The van der Waals surface area contributed by atoms with Gasteiger partial charge in [0.2, 0.25) is 6.41 Å². The maximum absolute atomic E-state index is 11.1. The Morgan fingerprint density at radius 1 is 1.00 bits per heavy atom. The lowest BCUT2D eigenvalue weighted by Crippen LogP contribution is -1.97. The molecule has 0 unspecified atom stereocenters. The van der Waals surface area contributed by atoms with Gasteiger partial charge in [-0.05, 0) is 18.2 Å². The van der Waals surface area contributed by atoms with Gasteiger partial charge in [0, 0.05) is 11.0 Å². The van der Waals surface area contributed by atoms with Gasteiger partial charge in [0.25, 0.3) is 11.4 Å². The number of nitrogens with zero attached hydrogens (tertiary/aromatic N) is 2. The minimum Gasteiger partial charge on any atom is -0.328 e. The summed E-state index contributed by atoms with van der Waals surface area (Å²) in [5.74, 6) is 0. The Morgan fingerprint density at radius 3 is 2.36 bits per heavy atom. The number of rotatable bonds is 6. The molecular weight excluding hydrogens is 310 g/mol. The molecule has 0 aliphatic carbocycles. The van der Waals surface area contributed by atoms with Crippen LogP contribution in [0.15, 0.2) is 52.3 Å². The van der Waals surface area contributed by atoms with Crippen LogP contribution >= 0.6 is 11.8 Å². The highest BCUT2D eigenvalue weighted by atomic mass is 32.2. The fourth-order valence-electron chi connectivity index (χ4n) is 1.71. The van der Waals surface area contributed by atoms with Gasteiger partial charge in [0.15, 0.2) is 0 Å². The molecule has 0 aromatic heterocycles. The molecule has 0 saturated heterocycles. The van der Waals surface area contributed by atoms with Gasteiger partial charge in [-0.2, -0.15) is 0 Å². The topological polar surface area (TPSA) is 115 Å². The van der Waals surface area contributed by atoms with Crippen molar-refractivity contribution >= 4 is 35.2 Å². The highest BCUT2D eigenvalue weighted by molar-refractivity contribution is 7.99. The predicted molar refractivity (Wildman–Crippen MR) is 80.0 cm³/mol. The molecule has 8 nitrogen and oxygen atoms in total. The molecular formula is C13H9N3O5S. The third kappa shape index (κ3) is 3.38. The minimum absolute atomic E-state index is 0.246. The van der Waals surface area contributed by atoms with E-state index in [1.165, 1.54) is 12.1 Å². The highest BCUT2D eigenvalue weighted by Gasteiger charge is 2.20. The average molecular weight is 319 g/mol. The van der Waals surface area contributed by atoms with Crippen LogP contribution in [0, 0.1) is 20.2 Å². The number of nitrogens with one attached hydrogen (secondary N) is 1. The molecule has 22 heavy (non-hydrogen) atoms. The molecule has 0 aliphatic heterocycles. The van der Waals surface area contributed by atoms with Crippen LogP contribution in [0.4, 0.5) is 17.1 Å². The molecule has 0 radical (unpaired) electrons. The van der Waals surface area contributed by atoms with E-state index in [2.05, 4.69) is 5.32 Å². The Hall–Kier alpha value is -2.94. The molecule has 1 N–H and O–H groups in total. The van der Waals surface area contributed by atoms with Crippen LogP contribution in [0.25, 0.3) is 0 Å². The van der Waals surface area contributed by atoms with E-state index in [0.717, 1.165) is 17.8 Å². The smallest absolute Gasteiger partial charge is 0.290 e. The molecule has 0 aliphatic rings. The fraction of sp³-hybridized carbons (Fsp3) is 0. The van der Waals surface area contributed by atoms with Crippen molar-refractivity contribution in [2.45, 2.75) is 9.79 Å². The molecule has 2 aromatic carbocycles. The third-order valence-corrected chi connectivity index (χ3v) is 3.81. The van der Waals surface area contributed by atoms with Crippen molar-refractivity contribution in [1.29, 1.82) is 0 Å². The van der Waals surface area contributed by atoms with E-state index in [-0.39, 0.29) is 16.3 Å². The second-order valence-corrected chi connectivity index (χ2v) is 5.11. The van der Waals surface area contributed by atoms with Crippen LogP contribution in [0.2, 0.25) is 0 Å². The Kier molecular flexibility index (Phi) is 4.69. The molecule has 9 heteroatoms. The summed E-state index contributed by atoms with van der Waals surface area (Å²) in [5.41, 5.74) is -0.217. The van der Waals surface area contributed by atoms with Gasteiger partial charge in [-0.3, -0.25) is 25.0 Å². The molecule has 0 fully saturated rings. The largest absolute Gasteiger partial charge is 0.328 e. The molecule has 2 aromatic rings. The summed E-state index contributed by atoms with van der Waals surface area (Å²) >= 11 is 1.04. The van der Waals surface area contributed by atoms with E-state index in [1.54, 1.807) is 24.3 Å². The van der Waals surface area contributed by atoms with Crippen LogP contribution < -0.4 is 5.32 Å². The van der Waals surface area contributed by atoms with Gasteiger partial charge in [0.1, 0.15) is 0 Å². The van der Waals surface area contributed by atoms with Crippen molar-refractivity contribution in [3.05, 3.63) is 62.7 Å². The number of para-hydroxylation sites is 1. The molecule has 0 heterocycles. The van der Waals surface area contributed by atoms with Crippen molar-refractivity contribution < 1.29 is 14.6 Å². The van der Waals surface area contributed by atoms with Crippen molar-refractivity contribution in [2.24, 2.45) is 0 Å². The van der Waals surface area contributed by atoms with Crippen molar-refractivity contribution in [3.63, 3.8) is 0 Å². The standard InChI is InChI=1S/C13H9N3O5S/c17-8-14-10-3-1-2-4-12(10)22-13-6-5-9(15(18)19)7-11(13)16(20)21/h1-8H,(H,14,17). The maximum Gasteiger partial charge on any atom is 0.290 e. The molecule has 0 bridgehead atoms. The van der Waals surface area contributed by atoms with Crippen LogP contribution in [-0.4, -0.2) is 16.3 Å². The normalized spacial score (nSPS) is 10.0. The van der Waals surface area contributed by atoms with Crippen molar-refractivity contribution in [3.8, 4) is 0 Å². The zero-order valence-electron chi connectivity index (χ0n) is 11.0. The lowest BCUT2D eigenvalue weighted by atomic mass is 10.3. The van der Waals surface area contributed by atoms with Crippen LogP contribution in [0.1, 0.15) is 0 Å². The van der Waals surface area contributed by atoms with E-state index in [9.17, 15) is 25.0 Å². The number of carbonyl (C=O) groups is 1. The number of nitro benzene ring substituents is 2. The van der Waals surface area contributed by atoms with E-state index in [1.807, 2.05) is 0 Å². The van der Waals surface area contributed by atoms with E-state index >= 15 is 0 Å². The number of hydrogen-bond donors (Lipinski definition) is 1. The molecule has 0 saturated carbocycles. The summed E-state index contributed by atoms with van der Waals surface area (Å²) in [6.07, 6.45) is 0.504. The second kappa shape index (κ2) is 6.68. The quantitative estimate of drug-likeness (QED) is 0.496. The lowest BCUT2D eigenvalue weighted by Gasteiger charge is -2.07. The molecule has 0 atom stereocenters. The molecule has 112 valence electrons. The van der Waals surface area contributed by atoms with E-state index in [0.29, 0.717) is 17.0 Å². The molecule has 0 spiro atoms. The number of nitro groups is 2. The molecule has 1 amide bonds. The zero-order chi connectivity index (χ0) is 16.1. The Labute approximate surface area is 128 Å². The first-order valence-corrected chi connectivity index (χ1v) is 6.74. The second-order valence-electron chi connectivity index (χ2n) is 4.03. The van der Waals surface area contributed by atoms with Crippen LogP contribution in [0.3, 0.4) is 0 Å². The van der Waals surface area contributed by atoms with E-state index in [4.69, 9.17) is 0 Å². The number of hydrogen-bond acceptors (Lipinski definition) is 6. The minimum atomic E-state index is -0.691. The van der Waals surface area contributed by atoms with Crippen molar-refractivity contribution in [1.82, 2.24) is 0 Å². The summed E-state index contributed by atoms with van der Waals surface area (Å²) in [6, 6.07) is 10.2. The van der Waals surface area contributed by atoms with Gasteiger partial charge >= 0.3 is 0 Å². The first-order valence-electron chi connectivity index (χ1n) is 5.93. The SMILES string of the molecule is O=CNc1ccccc1Sc1ccc([N+](=O)[O-])cc1[N+](=O)[O-]. The highest BCUT2D eigenvalue weighted by Crippen LogP contribution is 2.39. The number of non-ortho nitro benzene ring substituents is 1. The van der Waals surface area contributed by atoms with Gasteiger partial charge in [-0.25, -0.2) is 0 Å². The Bertz CT molecular complexity index is 750. The number of carbonyl (C=O) groups excluding carboxylic acids is 1. The summed E-state index contributed by atoms with van der Waals surface area (Å²) in [6.45, 7) is 0. The van der Waals surface area contributed by atoms with Crippen molar-refractivity contribution in [2.75, 3.05) is 5.32 Å². The Balaban J connectivity index is 2.43. The van der Waals surface area contributed by atoms with Gasteiger partial charge in [-0.15, -0.1) is 0 Å². The van der Waals surface area contributed by atoms with Crippen LogP contribution in [-0.2, 0) is 4.79 Å². The van der Waals surface area contributed by atoms with Gasteiger partial charge in [-0.1, -0.05) is 23.9 Å². The van der Waals surface area contributed by atoms with Gasteiger partial charge < -0.3 is 5.32 Å². The van der Waals surface area contributed by atoms with Crippen LogP contribution in [0.5, 0.6) is 0 Å². The lowest BCUT2D eigenvalue weighted by molar-refractivity contribution is -0.396. The average Bonchev–Trinajstić information content (AvgIpc) is 2.49. The number of anilines is 1. The summed E-state index contributed by atoms with van der Waals surface area (Å²) in [7, 11) is 0. The molecule has 2 rings (SSSR count). The first kappa shape index (κ1) is 15.4. The Morgan fingerprint density at radius 2 is 1.73 bits per heavy atom. The number of amides is 1. The first-order chi connectivity index (χ1) is 10.5. The zero-order valence-corrected chi connectivity index (χ0v) is 11.8. The summed E-state index contributed by atoms with van der Waals surface area (Å²) in [4.78, 5) is 31.8.